The van der Waals surface area contributed by atoms with E-state index < -0.39 is 0 Å². The number of ether oxygens (including phenoxy) is 2. The molecule has 8 heteroatoms. The minimum atomic E-state index is -0.294. The number of nitrogens with one attached hydrogen (secondary N) is 3. The van der Waals surface area contributed by atoms with Crippen molar-refractivity contribution in [3.63, 3.8) is 0 Å². The van der Waals surface area contributed by atoms with Gasteiger partial charge in [0, 0.05) is 30.4 Å². The minimum Gasteiger partial charge on any atom is -0.497 e. The molecule has 2 rings (SSSR count). The molecule has 134 valence electrons. The average Bonchev–Trinajstić information content (AvgIpc) is 2.60. The van der Waals surface area contributed by atoms with Crippen molar-refractivity contribution in [1.29, 1.82) is 0 Å². The Bertz CT molecular complexity index is 540. The van der Waals surface area contributed by atoms with Gasteiger partial charge in [-0.25, -0.2) is 0 Å². The molecule has 0 saturated carbocycles. The molecule has 1 aromatic carbocycles. The van der Waals surface area contributed by atoms with Crippen molar-refractivity contribution in [3.05, 3.63) is 18.2 Å². The summed E-state index contributed by atoms with van der Waals surface area (Å²) in [6.45, 7) is 1.55. The predicted octanol–water partition coefficient (Wildman–Crippen LogP) is 1.18. The topological polar surface area (TPSA) is 88.7 Å². The van der Waals surface area contributed by atoms with E-state index in [1.807, 2.05) is 0 Å². The van der Waals surface area contributed by atoms with Gasteiger partial charge in [0.1, 0.15) is 11.5 Å². The van der Waals surface area contributed by atoms with Gasteiger partial charge in [0.15, 0.2) is 0 Å². The molecule has 0 radical (unpaired) electrons. The van der Waals surface area contributed by atoms with E-state index in [1.165, 1.54) is 0 Å². The summed E-state index contributed by atoms with van der Waals surface area (Å²) in [5.74, 6) is 0.718. The SMILES string of the molecule is COc1cc(NC(=O)CNC(=O)C2CCCNC2)cc(OC)c1.Cl. The second-order valence-corrected chi connectivity index (χ2v) is 5.41. The zero-order valence-electron chi connectivity index (χ0n) is 13.9. The molecule has 2 amide bonds. The molecule has 0 aliphatic carbocycles. The Hall–Kier alpha value is -1.99. The first-order valence-electron chi connectivity index (χ1n) is 7.63. The number of piperidine rings is 1. The second kappa shape index (κ2) is 10.00. The van der Waals surface area contributed by atoms with E-state index >= 15 is 0 Å². The molecule has 1 heterocycles. The van der Waals surface area contributed by atoms with Crippen LogP contribution in [0.3, 0.4) is 0 Å². The number of methoxy groups -OCH3 is 2. The third-order valence-electron chi connectivity index (χ3n) is 3.73. The zero-order chi connectivity index (χ0) is 16.7. The lowest BCUT2D eigenvalue weighted by Gasteiger charge is -2.21. The second-order valence-electron chi connectivity index (χ2n) is 5.41. The van der Waals surface area contributed by atoms with Gasteiger partial charge >= 0.3 is 0 Å². The highest BCUT2D eigenvalue weighted by atomic mass is 35.5. The molecule has 1 aliphatic rings. The lowest BCUT2D eigenvalue weighted by molar-refractivity contribution is -0.127. The molecule has 0 spiro atoms. The van der Waals surface area contributed by atoms with Crippen LogP contribution in [0.2, 0.25) is 0 Å². The highest BCUT2D eigenvalue weighted by Gasteiger charge is 2.21. The zero-order valence-corrected chi connectivity index (χ0v) is 14.7. The van der Waals surface area contributed by atoms with Crippen LogP contribution < -0.4 is 25.4 Å². The van der Waals surface area contributed by atoms with Gasteiger partial charge in [-0.15, -0.1) is 12.4 Å². The van der Waals surface area contributed by atoms with Gasteiger partial charge in [0.2, 0.25) is 11.8 Å². The molecule has 1 unspecified atom stereocenters. The fraction of sp³-hybridized carbons (Fsp3) is 0.500. The Morgan fingerprint density at radius 1 is 1.21 bits per heavy atom. The predicted molar refractivity (Wildman–Crippen MR) is 94.0 cm³/mol. The van der Waals surface area contributed by atoms with Crippen LogP contribution in [0.1, 0.15) is 12.8 Å². The van der Waals surface area contributed by atoms with Crippen molar-refractivity contribution in [1.82, 2.24) is 10.6 Å². The van der Waals surface area contributed by atoms with Gasteiger partial charge in [-0.2, -0.15) is 0 Å². The molecule has 1 saturated heterocycles. The fourth-order valence-corrected chi connectivity index (χ4v) is 2.47. The first-order valence-corrected chi connectivity index (χ1v) is 7.63. The molecule has 1 fully saturated rings. The summed E-state index contributed by atoms with van der Waals surface area (Å²) in [4.78, 5) is 24.0. The van der Waals surface area contributed by atoms with E-state index in [0.717, 1.165) is 19.4 Å². The van der Waals surface area contributed by atoms with Crippen molar-refractivity contribution in [2.24, 2.45) is 5.92 Å². The molecule has 1 atom stereocenters. The van der Waals surface area contributed by atoms with Gasteiger partial charge in [0.25, 0.3) is 0 Å². The molecular weight excluding hydrogens is 334 g/mol. The monoisotopic (exact) mass is 357 g/mol. The van der Waals surface area contributed by atoms with Crippen LogP contribution in [0.15, 0.2) is 18.2 Å². The van der Waals surface area contributed by atoms with E-state index in [0.29, 0.717) is 23.7 Å². The maximum atomic E-state index is 12.0. The quantitative estimate of drug-likeness (QED) is 0.711. The number of rotatable bonds is 6. The summed E-state index contributed by atoms with van der Waals surface area (Å²) in [6, 6.07) is 5.09. The first kappa shape index (κ1) is 20.1. The molecule has 1 aromatic rings. The summed E-state index contributed by atoms with van der Waals surface area (Å²) in [6.07, 6.45) is 1.83. The lowest BCUT2D eigenvalue weighted by Crippen LogP contribution is -2.42. The maximum absolute atomic E-state index is 12.0. The van der Waals surface area contributed by atoms with Crippen molar-refractivity contribution in [3.8, 4) is 11.5 Å². The molecule has 24 heavy (non-hydrogen) atoms. The van der Waals surface area contributed by atoms with E-state index in [1.54, 1.807) is 32.4 Å². The van der Waals surface area contributed by atoms with E-state index in [2.05, 4.69) is 16.0 Å². The highest BCUT2D eigenvalue weighted by molar-refractivity contribution is 5.95. The number of carbonyl (C=O) groups is 2. The van der Waals surface area contributed by atoms with Gasteiger partial charge in [-0.05, 0) is 19.4 Å². The smallest absolute Gasteiger partial charge is 0.243 e. The molecule has 1 aliphatic heterocycles. The van der Waals surface area contributed by atoms with Crippen molar-refractivity contribution in [2.75, 3.05) is 39.2 Å². The van der Waals surface area contributed by atoms with E-state index in [4.69, 9.17) is 9.47 Å². The minimum absolute atomic E-state index is 0. The van der Waals surface area contributed by atoms with E-state index in [9.17, 15) is 9.59 Å². The Labute approximate surface area is 147 Å². The van der Waals surface area contributed by atoms with Crippen LogP contribution >= 0.6 is 12.4 Å². The summed E-state index contributed by atoms with van der Waals surface area (Å²) in [5.41, 5.74) is 0.555. The third kappa shape index (κ3) is 5.90. The Morgan fingerprint density at radius 2 is 1.88 bits per heavy atom. The third-order valence-corrected chi connectivity index (χ3v) is 3.73. The Morgan fingerprint density at radius 3 is 2.42 bits per heavy atom. The highest BCUT2D eigenvalue weighted by Crippen LogP contribution is 2.25. The molecule has 0 bridgehead atoms. The summed E-state index contributed by atoms with van der Waals surface area (Å²) >= 11 is 0. The van der Waals surface area contributed by atoms with Gasteiger partial charge in [-0.1, -0.05) is 0 Å². The van der Waals surface area contributed by atoms with Crippen molar-refractivity contribution < 1.29 is 19.1 Å². The molecule has 7 nitrogen and oxygen atoms in total. The van der Waals surface area contributed by atoms with Crippen LogP contribution in [0.5, 0.6) is 11.5 Å². The number of carbonyl (C=O) groups excluding carboxylic acids is 2. The van der Waals surface area contributed by atoms with Crippen LogP contribution in [0.25, 0.3) is 0 Å². The average molecular weight is 358 g/mol. The number of halogens is 1. The Balaban J connectivity index is 0.00000288. The maximum Gasteiger partial charge on any atom is 0.243 e. The van der Waals surface area contributed by atoms with Crippen LogP contribution in [-0.4, -0.2) is 45.7 Å². The molecular formula is C16H24ClN3O4. The van der Waals surface area contributed by atoms with E-state index in [-0.39, 0.29) is 36.7 Å². The summed E-state index contributed by atoms with van der Waals surface area (Å²) in [7, 11) is 3.08. The largest absolute Gasteiger partial charge is 0.497 e. The number of hydrogen-bond donors (Lipinski definition) is 3. The van der Waals surface area contributed by atoms with Crippen molar-refractivity contribution in [2.45, 2.75) is 12.8 Å². The van der Waals surface area contributed by atoms with Gasteiger partial charge in [0.05, 0.1) is 26.7 Å². The number of benzene rings is 1. The standard InChI is InChI=1S/C16H23N3O4.ClH/c1-22-13-6-12(7-14(8-13)23-2)19-15(20)10-18-16(21)11-4-3-5-17-9-11;/h6-8,11,17H,3-5,9-10H2,1-2H3,(H,18,21)(H,19,20);1H. The van der Waals surface area contributed by atoms with Crippen LogP contribution in [0.4, 0.5) is 5.69 Å². The number of amides is 2. The van der Waals surface area contributed by atoms with Gasteiger partial charge in [-0.3, -0.25) is 9.59 Å². The van der Waals surface area contributed by atoms with Crippen molar-refractivity contribution >= 4 is 29.9 Å². The lowest BCUT2D eigenvalue weighted by atomic mass is 9.99. The van der Waals surface area contributed by atoms with Gasteiger partial charge < -0.3 is 25.4 Å². The molecule has 0 aromatic heterocycles. The fourth-order valence-electron chi connectivity index (χ4n) is 2.47. The van der Waals surface area contributed by atoms with Crippen LogP contribution in [-0.2, 0) is 9.59 Å². The molecule has 3 N–H and O–H groups in total. The number of anilines is 1. The summed E-state index contributed by atoms with van der Waals surface area (Å²) in [5, 5.41) is 8.58. The summed E-state index contributed by atoms with van der Waals surface area (Å²) < 4.78 is 10.3. The normalized spacial score (nSPS) is 16.5. The van der Waals surface area contributed by atoms with Crippen LogP contribution in [0, 0.1) is 5.92 Å². The Kier molecular flexibility index (Phi) is 8.35. The first-order chi connectivity index (χ1) is 11.1. The number of hydrogen-bond acceptors (Lipinski definition) is 5.